The maximum atomic E-state index is 5.89. The first-order valence-corrected chi connectivity index (χ1v) is 29.3. The summed E-state index contributed by atoms with van der Waals surface area (Å²) in [6.07, 6.45) is 5.65. The molecule has 9 aromatic carbocycles. The molecule has 0 radical (unpaired) electrons. The van der Waals surface area contributed by atoms with E-state index in [4.69, 9.17) is 62.7 Å². The molecule has 0 atom stereocenters. The molecule has 0 saturated carbocycles. The number of aryl methyl sites for hydroxylation is 8. The van der Waals surface area contributed by atoms with E-state index in [1.807, 2.05) is 79.1 Å². The Bertz CT molecular complexity index is 4180. The molecule has 0 aliphatic carbocycles. The molecule has 5 aromatic heterocycles. The third-order valence-electron chi connectivity index (χ3n) is 13.3. The number of hydrogen-bond donors (Lipinski definition) is 2. The lowest BCUT2D eigenvalue weighted by Gasteiger charge is -2.02. The first kappa shape index (κ1) is 60.7. The average Bonchev–Trinajstić information content (AvgIpc) is 4.20. The Balaban J connectivity index is 0.000000125. The van der Waals surface area contributed by atoms with Gasteiger partial charge in [-0.1, -0.05) is 183 Å². The minimum Gasteiger partial charge on any atom is -0.497 e. The molecule has 0 bridgehead atoms. The highest BCUT2D eigenvalue weighted by Crippen LogP contribution is 2.30. The van der Waals surface area contributed by atoms with Gasteiger partial charge in [0, 0.05) is 60.9 Å². The fourth-order valence-electron chi connectivity index (χ4n) is 8.96. The van der Waals surface area contributed by atoms with E-state index in [9.17, 15) is 0 Å². The third kappa shape index (κ3) is 17.1. The van der Waals surface area contributed by atoms with Gasteiger partial charge in [0.05, 0.1) is 22.0 Å². The summed E-state index contributed by atoms with van der Waals surface area (Å²) in [5, 5.41) is 14.7. The van der Waals surface area contributed by atoms with E-state index in [-0.39, 0.29) is 0 Å². The van der Waals surface area contributed by atoms with Gasteiger partial charge in [0.15, 0.2) is 0 Å². The number of ether oxygens (including phenoxy) is 1. The number of hydrogen-bond acceptors (Lipinski definition) is 4. The van der Waals surface area contributed by atoms with Crippen LogP contribution in [0.4, 0.5) is 0 Å². The van der Waals surface area contributed by atoms with Gasteiger partial charge in [0.2, 0.25) is 0 Å². The molecule has 5 nitrogen and oxygen atoms in total. The normalized spacial score (nSPS) is 10.6. The molecule has 0 saturated heterocycles. The Labute approximate surface area is 509 Å². The zero-order chi connectivity index (χ0) is 58.5. The topological polar surface area (TPSA) is 66.6 Å². The van der Waals surface area contributed by atoms with E-state index in [0.717, 1.165) is 52.7 Å². The predicted molar refractivity (Wildman–Crippen MR) is 359 cm³/mol. The Hall–Kier alpha value is -7.39. The molecule has 14 aromatic rings. The Morgan fingerprint density at radius 3 is 1.59 bits per heavy atom. The lowest BCUT2D eigenvalue weighted by molar-refractivity contribution is 0.415. The zero-order valence-corrected chi connectivity index (χ0v) is 51.8. The zero-order valence-electron chi connectivity index (χ0n) is 47.2. The average molecular weight is 1200 g/mol. The molecule has 0 fully saturated rings. The van der Waals surface area contributed by atoms with Crippen molar-refractivity contribution < 1.29 is 4.74 Å². The predicted octanol–water partition coefficient (Wildman–Crippen LogP) is 23.1. The molecule has 0 spiro atoms. The molecule has 414 valence electrons. The van der Waals surface area contributed by atoms with Crippen LogP contribution in [0.2, 0.25) is 24.7 Å². The second kappa shape index (κ2) is 28.5. The number of rotatable bonds is 1. The number of aromatic nitrogens is 4. The molecule has 2 N–H and O–H groups in total. The van der Waals surface area contributed by atoms with E-state index >= 15 is 0 Å². The number of aromatic amines is 2. The Kier molecular flexibility index (Phi) is 21.1. The summed E-state index contributed by atoms with van der Waals surface area (Å²) in [5.74, 6) is 0.913. The Morgan fingerprint density at radius 2 is 0.890 bits per heavy atom. The second-order valence-electron chi connectivity index (χ2n) is 20.2. The van der Waals surface area contributed by atoms with Crippen LogP contribution in [0.1, 0.15) is 44.5 Å². The molecule has 82 heavy (non-hydrogen) atoms. The first-order valence-electron chi connectivity index (χ1n) is 26.5. The number of nitrogens with zero attached hydrogens (tertiary/aromatic N) is 2. The van der Waals surface area contributed by atoms with Crippen LogP contribution < -0.4 is 4.74 Å². The number of halogens is 5. The summed E-state index contributed by atoms with van der Waals surface area (Å²) in [5.41, 5.74) is 13.5. The van der Waals surface area contributed by atoms with Crippen LogP contribution in [0.3, 0.4) is 0 Å². The summed E-state index contributed by atoms with van der Waals surface area (Å²) in [7, 11) is 1.69. The number of nitrogens with one attached hydrogen (secondary N) is 2. The van der Waals surface area contributed by atoms with E-state index in [1.165, 1.54) is 87.0 Å². The van der Waals surface area contributed by atoms with Gasteiger partial charge in [0.25, 0.3) is 0 Å². The highest BCUT2D eigenvalue weighted by molar-refractivity contribution is 7.22. The van der Waals surface area contributed by atoms with Crippen LogP contribution in [0.25, 0.3) is 75.1 Å². The minimum atomic E-state index is 0.548. The number of H-pyrrole nitrogens is 2. The van der Waals surface area contributed by atoms with Gasteiger partial charge in [-0.3, -0.25) is 0 Å². The van der Waals surface area contributed by atoms with Crippen LogP contribution in [-0.4, -0.2) is 27.0 Å². The van der Waals surface area contributed by atoms with Gasteiger partial charge >= 0.3 is 0 Å². The molecule has 0 unspecified atom stereocenters. The van der Waals surface area contributed by atoms with Gasteiger partial charge < -0.3 is 14.7 Å². The smallest absolute Gasteiger partial charge is 0.129 e. The highest BCUT2D eigenvalue weighted by atomic mass is 35.5. The summed E-state index contributed by atoms with van der Waals surface area (Å²) in [6.45, 7) is 16.7. The van der Waals surface area contributed by atoms with Crippen LogP contribution in [-0.2, 0) is 0 Å². The van der Waals surface area contributed by atoms with E-state index in [1.54, 1.807) is 24.6 Å². The van der Waals surface area contributed by atoms with Crippen molar-refractivity contribution in [2.24, 2.45) is 0 Å². The minimum absolute atomic E-state index is 0.548. The van der Waals surface area contributed by atoms with Crippen LogP contribution in [0, 0.1) is 55.4 Å². The lowest BCUT2D eigenvalue weighted by atomic mass is 10.1. The fraction of sp³-hybridized carbons (Fsp3) is 0.127. The van der Waals surface area contributed by atoms with Crippen molar-refractivity contribution in [1.82, 2.24) is 19.9 Å². The SMILES string of the molecule is COc1ccc2cc(C)ccc2c1.Cc1ccc2c(C)c[nH]c2c1.Cc1ccc2c(Cl)c[nH]c2c1.Cc1ccc2cc(Cl)ncc2c1.Cc1ccc2cc(Cl)sc2c1.Cc1ccc2ccc(Cl)cc2c1.Cc1ccc2nc(Cl)ccc2c1. The van der Waals surface area contributed by atoms with Gasteiger partial charge in [-0.05, 0) is 195 Å². The monoisotopic (exact) mass is 1190 g/mol. The fourth-order valence-corrected chi connectivity index (χ4v) is 10.9. The molecule has 0 aliphatic heterocycles. The summed E-state index contributed by atoms with van der Waals surface area (Å²) in [6, 6.07) is 63.8. The molecule has 0 amide bonds. The molecular weight excluding hydrogens is 1130 g/mol. The molecule has 5 heterocycles. The maximum absolute atomic E-state index is 5.89. The van der Waals surface area contributed by atoms with Crippen molar-refractivity contribution in [3.63, 3.8) is 0 Å². The van der Waals surface area contributed by atoms with Crippen LogP contribution in [0.15, 0.2) is 207 Å². The standard InChI is InChI=1S/C12H12O.C11H9Cl.2C10H8ClN.C10H11N.C9H8ClN.C9H7ClS/c1-9-3-4-11-8-12(13-2)6-5-10(11)7-9;1-8-2-3-9-4-5-11(12)7-10(9)6-8;1-7-2-4-9-8(6-7)3-5-10(11)12-9;1-7-2-3-8-5-10(11)12-6-9(8)4-7;1-7-3-4-9-8(2)6-11-10(9)5-7;1-6-2-3-7-8(10)5-11-9(7)4-6;1-6-2-3-7-5-9(10)11-8(7)4-6/h3-8H,1-2H3;2-7H,1H3;2*2-6H,1H3;3-6,11H,1-2H3;2-5,11H,1H3;2-5H,1H3. The highest BCUT2D eigenvalue weighted by Gasteiger charge is 2.02. The van der Waals surface area contributed by atoms with Crippen molar-refractivity contribution in [2.75, 3.05) is 7.11 Å². The number of pyridine rings is 2. The van der Waals surface area contributed by atoms with Crippen molar-refractivity contribution in [2.45, 2.75) is 55.4 Å². The number of thiophene rings is 1. The van der Waals surface area contributed by atoms with Gasteiger partial charge in [-0.2, -0.15) is 0 Å². The van der Waals surface area contributed by atoms with Crippen molar-refractivity contribution in [3.05, 3.63) is 276 Å². The molecule has 11 heteroatoms. The second-order valence-corrected chi connectivity index (χ2v) is 23.5. The third-order valence-corrected chi connectivity index (χ3v) is 15.5. The van der Waals surface area contributed by atoms with Gasteiger partial charge in [-0.15, -0.1) is 11.3 Å². The van der Waals surface area contributed by atoms with E-state index < -0.39 is 0 Å². The molecule has 14 rings (SSSR count). The summed E-state index contributed by atoms with van der Waals surface area (Å²) < 4.78 is 7.29. The van der Waals surface area contributed by atoms with E-state index in [2.05, 4.69) is 197 Å². The quantitative estimate of drug-likeness (QED) is 0.161. The summed E-state index contributed by atoms with van der Waals surface area (Å²) >= 11 is 30.7. The number of methoxy groups -OCH3 is 1. The van der Waals surface area contributed by atoms with Gasteiger partial charge in [0.1, 0.15) is 16.1 Å². The van der Waals surface area contributed by atoms with Crippen molar-refractivity contribution in [1.29, 1.82) is 0 Å². The molecule has 0 aliphatic rings. The maximum Gasteiger partial charge on any atom is 0.129 e. The largest absolute Gasteiger partial charge is 0.497 e. The molecular formula is C71H63Cl5N4OS. The van der Waals surface area contributed by atoms with E-state index in [0.29, 0.717) is 10.3 Å². The van der Waals surface area contributed by atoms with Crippen LogP contribution >= 0.6 is 69.3 Å². The lowest BCUT2D eigenvalue weighted by Crippen LogP contribution is -1.82. The first-order chi connectivity index (χ1) is 39.3. The van der Waals surface area contributed by atoms with Gasteiger partial charge in [-0.25, -0.2) is 9.97 Å². The number of benzene rings is 9. The van der Waals surface area contributed by atoms with Crippen LogP contribution in [0.5, 0.6) is 5.75 Å². The summed E-state index contributed by atoms with van der Waals surface area (Å²) in [4.78, 5) is 14.5. The van der Waals surface area contributed by atoms with Crippen molar-refractivity contribution >= 4 is 144 Å². The van der Waals surface area contributed by atoms with Crippen molar-refractivity contribution in [3.8, 4) is 5.75 Å². The Morgan fingerprint density at radius 1 is 0.390 bits per heavy atom. The number of fused-ring (bicyclic) bond motifs is 7.